The molecule has 1 aromatic heterocycles. The molecule has 0 fully saturated rings. The summed E-state index contributed by atoms with van der Waals surface area (Å²) in [7, 11) is 0. The molecule has 0 saturated carbocycles. The fourth-order valence-corrected chi connectivity index (χ4v) is 4.31. The Kier molecular flexibility index (Phi) is 5.59. The normalized spacial score (nSPS) is 13.0. The van der Waals surface area contributed by atoms with E-state index >= 15 is 4.39 Å². The summed E-state index contributed by atoms with van der Waals surface area (Å²) in [4.78, 5) is 17.6. The predicted octanol–water partition coefficient (Wildman–Crippen LogP) is 7.26. The van der Waals surface area contributed by atoms with Crippen molar-refractivity contribution in [1.29, 1.82) is 0 Å². The van der Waals surface area contributed by atoms with Crippen molar-refractivity contribution >= 4 is 27.5 Å². The Morgan fingerprint density at radius 3 is 2.34 bits per heavy atom. The van der Waals surface area contributed by atoms with Crippen LogP contribution in [0.2, 0.25) is 0 Å². The molecular weight excluding hydrogens is 401 g/mol. The summed E-state index contributed by atoms with van der Waals surface area (Å²) < 4.78 is 21.9. The van der Waals surface area contributed by atoms with Crippen LogP contribution in [0.1, 0.15) is 50.6 Å². The highest BCUT2D eigenvalue weighted by Gasteiger charge is 2.31. The van der Waals surface area contributed by atoms with Gasteiger partial charge in [0.25, 0.3) is 0 Å². The molecule has 32 heavy (non-hydrogen) atoms. The molecule has 1 heterocycles. The number of ether oxygens (including phenoxy) is 1. The predicted molar refractivity (Wildman–Crippen MR) is 128 cm³/mol. The van der Waals surface area contributed by atoms with Crippen molar-refractivity contribution in [3.63, 3.8) is 0 Å². The second kappa shape index (κ2) is 8.10. The lowest BCUT2D eigenvalue weighted by atomic mass is 9.85. The first-order chi connectivity index (χ1) is 15.1. The van der Waals surface area contributed by atoms with E-state index in [1.807, 2.05) is 77.1 Å². The Bertz CT molecular complexity index is 1350. The number of carbonyl (C=O) groups excluding carboxylic acids is 1. The standard InChI is InChI=1S/C28H28FNO2/c1-16-15-20-9-7-8-10-21(20)24(23(16)27(18(3)31)32-28(4,5)6)25-22(29)14-13-19-12-11-17(2)30-26(19)25/h7-15,27H,1-6H3/t27-/m1/s1. The van der Waals surface area contributed by atoms with E-state index in [0.717, 1.165) is 27.4 Å². The largest absolute Gasteiger partial charge is 0.360 e. The van der Waals surface area contributed by atoms with Gasteiger partial charge in [-0.1, -0.05) is 36.4 Å². The van der Waals surface area contributed by atoms with Gasteiger partial charge in [0.15, 0.2) is 5.78 Å². The van der Waals surface area contributed by atoms with Crippen LogP contribution in [0.4, 0.5) is 4.39 Å². The lowest BCUT2D eigenvalue weighted by Crippen LogP contribution is -2.27. The van der Waals surface area contributed by atoms with Gasteiger partial charge in [-0.05, 0) is 81.6 Å². The molecule has 164 valence electrons. The van der Waals surface area contributed by atoms with Gasteiger partial charge in [-0.15, -0.1) is 0 Å². The summed E-state index contributed by atoms with van der Waals surface area (Å²) >= 11 is 0. The summed E-state index contributed by atoms with van der Waals surface area (Å²) in [5.74, 6) is -0.491. The molecule has 0 saturated heterocycles. The Labute approximate surface area is 188 Å². The smallest absolute Gasteiger partial charge is 0.163 e. The zero-order chi connectivity index (χ0) is 23.2. The summed E-state index contributed by atoms with van der Waals surface area (Å²) in [5, 5.41) is 2.69. The summed E-state index contributed by atoms with van der Waals surface area (Å²) in [5.41, 5.74) is 3.49. The SMILES string of the molecule is CC(=O)[C@@H](OC(C)(C)C)c1c(C)cc2ccccc2c1-c1c(F)ccc2ccc(C)nc12. The number of aromatic nitrogens is 1. The molecule has 0 radical (unpaired) electrons. The van der Waals surface area contributed by atoms with Crippen molar-refractivity contribution in [2.75, 3.05) is 0 Å². The topological polar surface area (TPSA) is 39.2 Å². The molecule has 0 bridgehead atoms. The highest BCUT2D eigenvalue weighted by atomic mass is 19.1. The quantitative estimate of drug-likeness (QED) is 0.343. The van der Waals surface area contributed by atoms with Crippen LogP contribution >= 0.6 is 0 Å². The first-order valence-corrected chi connectivity index (χ1v) is 10.8. The first kappa shape index (κ1) is 22.1. The van der Waals surface area contributed by atoms with Crippen LogP contribution in [-0.4, -0.2) is 16.4 Å². The van der Waals surface area contributed by atoms with Gasteiger partial charge in [0, 0.05) is 22.2 Å². The molecule has 0 aliphatic heterocycles. The van der Waals surface area contributed by atoms with Crippen LogP contribution in [0.25, 0.3) is 32.8 Å². The average molecular weight is 430 g/mol. The third-order valence-corrected chi connectivity index (χ3v) is 5.60. The second-order valence-electron chi connectivity index (χ2n) is 9.37. The molecule has 0 unspecified atom stereocenters. The number of hydrogen-bond donors (Lipinski definition) is 0. The number of halogens is 1. The fourth-order valence-electron chi connectivity index (χ4n) is 4.31. The van der Waals surface area contributed by atoms with Crippen LogP contribution in [0.5, 0.6) is 0 Å². The van der Waals surface area contributed by atoms with Crippen LogP contribution < -0.4 is 0 Å². The van der Waals surface area contributed by atoms with Gasteiger partial charge >= 0.3 is 0 Å². The van der Waals surface area contributed by atoms with Gasteiger partial charge in [0.1, 0.15) is 11.9 Å². The number of ketones is 1. The van der Waals surface area contributed by atoms with Gasteiger partial charge in [-0.2, -0.15) is 0 Å². The molecule has 4 aromatic rings. The van der Waals surface area contributed by atoms with Crippen LogP contribution in [0.15, 0.2) is 54.6 Å². The molecule has 0 amide bonds. The third-order valence-electron chi connectivity index (χ3n) is 5.60. The number of Topliss-reactive ketones (excluding diaryl/α,β-unsaturated/α-hetero) is 1. The number of nitrogens with zero attached hydrogens (tertiary/aromatic N) is 1. The summed E-state index contributed by atoms with van der Waals surface area (Å²) in [6.07, 6.45) is -0.825. The van der Waals surface area contributed by atoms with E-state index in [1.165, 1.54) is 13.0 Å². The van der Waals surface area contributed by atoms with E-state index in [2.05, 4.69) is 0 Å². The van der Waals surface area contributed by atoms with E-state index < -0.39 is 11.7 Å². The maximum absolute atomic E-state index is 15.6. The van der Waals surface area contributed by atoms with Crippen LogP contribution in [-0.2, 0) is 9.53 Å². The number of hydrogen-bond acceptors (Lipinski definition) is 3. The monoisotopic (exact) mass is 429 g/mol. The Morgan fingerprint density at radius 1 is 0.969 bits per heavy atom. The molecule has 0 spiro atoms. The number of pyridine rings is 1. The number of fused-ring (bicyclic) bond motifs is 2. The van der Waals surface area contributed by atoms with E-state index in [9.17, 15) is 4.79 Å². The van der Waals surface area contributed by atoms with Gasteiger partial charge in [0.2, 0.25) is 0 Å². The fraction of sp³-hybridized carbons (Fsp3) is 0.286. The molecule has 1 atom stereocenters. The van der Waals surface area contributed by atoms with Gasteiger partial charge in [0.05, 0.1) is 11.1 Å². The van der Waals surface area contributed by atoms with E-state index in [4.69, 9.17) is 9.72 Å². The minimum absolute atomic E-state index is 0.121. The van der Waals surface area contributed by atoms with Crippen molar-refractivity contribution in [3.05, 3.63) is 77.2 Å². The van der Waals surface area contributed by atoms with Crippen molar-refractivity contribution in [3.8, 4) is 11.1 Å². The highest BCUT2D eigenvalue weighted by molar-refractivity contribution is 6.07. The zero-order valence-corrected chi connectivity index (χ0v) is 19.4. The molecule has 0 aliphatic rings. The number of rotatable bonds is 4. The van der Waals surface area contributed by atoms with Crippen LogP contribution in [0, 0.1) is 19.7 Å². The Balaban J connectivity index is 2.20. The van der Waals surface area contributed by atoms with E-state index in [0.29, 0.717) is 22.2 Å². The van der Waals surface area contributed by atoms with Gasteiger partial charge in [-0.3, -0.25) is 9.78 Å². The zero-order valence-electron chi connectivity index (χ0n) is 19.4. The minimum atomic E-state index is -0.825. The maximum Gasteiger partial charge on any atom is 0.163 e. The Morgan fingerprint density at radius 2 is 1.66 bits per heavy atom. The maximum atomic E-state index is 15.6. The van der Waals surface area contributed by atoms with E-state index in [1.54, 1.807) is 6.07 Å². The first-order valence-electron chi connectivity index (χ1n) is 10.8. The molecule has 0 N–H and O–H groups in total. The van der Waals surface area contributed by atoms with Gasteiger partial charge < -0.3 is 4.74 Å². The van der Waals surface area contributed by atoms with Crippen molar-refractivity contribution < 1.29 is 13.9 Å². The summed E-state index contributed by atoms with van der Waals surface area (Å²) in [6.45, 7) is 11.1. The molecular formula is C28H28FNO2. The van der Waals surface area contributed by atoms with E-state index in [-0.39, 0.29) is 11.6 Å². The van der Waals surface area contributed by atoms with Crippen molar-refractivity contribution in [2.24, 2.45) is 0 Å². The molecule has 4 heteroatoms. The molecule has 0 aliphatic carbocycles. The number of carbonyl (C=O) groups is 1. The lowest BCUT2D eigenvalue weighted by molar-refractivity contribution is -0.138. The number of aryl methyl sites for hydroxylation is 2. The summed E-state index contributed by atoms with van der Waals surface area (Å²) in [6, 6.07) is 17.0. The van der Waals surface area contributed by atoms with Gasteiger partial charge in [-0.25, -0.2) is 4.39 Å². The van der Waals surface area contributed by atoms with Crippen molar-refractivity contribution in [2.45, 2.75) is 53.2 Å². The van der Waals surface area contributed by atoms with Crippen molar-refractivity contribution in [1.82, 2.24) is 4.98 Å². The van der Waals surface area contributed by atoms with Crippen LogP contribution in [0.3, 0.4) is 0 Å². The number of benzene rings is 3. The molecule has 3 aromatic carbocycles. The average Bonchev–Trinajstić information content (AvgIpc) is 2.71. The molecule has 3 nitrogen and oxygen atoms in total. The Hall–Kier alpha value is -3.11. The minimum Gasteiger partial charge on any atom is -0.360 e. The lowest BCUT2D eigenvalue weighted by Gasteiger charge is -2.30. The molecule has 4 rings (SSSR count). The second-order valence-corrected chi connectivity index (χ2v) is 9.37. The highest BCUT2D eigenvalue weighted by Crippen LogP contribution is 2.43. The third kappa shape index (κ3) is 4.03.